The molecule has 1 aromatic heterocycles. The molecule has 0 aliphatic rings. The molecule has 0 fully saturated rings. The van der Waals surface area contributed by atoms with Gasteiger partial charge >= 0.3 is 0 Å². The molecule has 0 aliphatic heterocycles. The number of hydrogen-bond acceptors (Lipinski definition) is 4. The molecule has 3 aromatic carbocycles. The molecule has 7 heteroatoms. The smallest absolute Gasteiger partial charge is 0.255 e. The van der Waals surface area contributed by atoms with E-state index in [9.17, 15) is 9.59 Å². The van der Waals surface area contributed by atoms with E-state index in [2.05, 4.69) is 34.8 Å². The van der Waals surface area contributed by atoms with Crippen molar-refractivity contribution in [3.05, 3.63) is 83.9 Å². The molecule has 4 rings (SSSR count). The molecule has 0 saturated heterocycles. The molecule has 0 aliphatic carbocycles. The van der Waals surface area contributed by atoms with Gasteiger partial charge in [0.05, 0.1) is 12.1 Å². The molecule has 0 saturated carbocycles. The minimum absolute atomic E-state index is 0.0978. The van der Waals surface area contributed by atoms with E-state index in [1.54, 1.807) is 22.9 Å². The normalized spacial score (nSPS) is 11.0. The number of hydrogen-bond donors (Lipinski definition) is 2. The number of para-hydroxylation sites is 1. The van der Waals surface area contributed by atoms with E-state index < -0.39 is 0 Å². The minimum Gasteiger partial charge on any atom is -0.326 e. The third kappa shape index (κ3) is 5.00. The topological polar surface area (TPSA) is 88.9 Å². The van der Waals surface area contributed by atoms with Crippen LogP contribution in [0.25, 0.3) is 11.0 Å². The van der Waals surface area contributed by atoms with Crippen molar-refractivity contribution in [3.8, 4) is 0 Å². The SMILES string of the molecule is CC(C)c1ccc(NC(=O)c2ccc3c(c2)nnn3CCC(=O)Nc2ccccc2)cc1. The summed E-state index contributed by atoms with van der Waals surface area (Å²) in [5, 5.41) is 14.1. The number of rotatable bonds is 7. The van der Waals surface area contributed by atoms with Crippen LogP contribution in [0, 0.1) is 0 Å². The lowest BCUT2D eigenvalue weighted by Gasteiger charge is -2.09. The summed E-state index contributed by atoms with van der Waals surface area (Å²) >= 11 is 0. The van der Waals surface area contributed by atoms with E-state index in [4.69, 9.17) is 0 Å². The van der Waals surface area contributed by atoms with Gasteiger partial charge in [-0.3, -0.25) is 9.59 Å². The Balaban J connectivity index is 1.39. The lowest BCUT2D eigenvalue weighted by Crippen LogP contribution is -2.15. The first kappa shape index (κ1) is 21.2. The number of anilines is 2. The molecule has 0 atom stereocenters. The van der Waals surface area contributed by atoms with Gasteiger partial charge in [-0.2, -0.15) is 0 Å². The van der Waals surface area contributed by atoms with Crippen LogP contribution in [0.3, 0.4) is 0 Å². The number of amides is 2. The van der Waals surface area contributed by atoms with Crippen LogP contribution < -0.4 is 10.6 Å². The van der Waals surface area contributed by atoms with Crippen LogP contribution in [-0.4, -0.2) is 26.8 Å². The van der Waals surface area contributed by atoms with Gasteiger partial charge in [0.15, 0.2) is 0 Å². The summed E-state index contributed by atoms with van der Waals surface area (Å²) in [6.45, 7) is 4.65. The Hall–Kier alpha value is -4.00. The maximum atomic E-state index is 12.7. The van der Waals surface area contributed by atoms with E-state index in [1.165, 1.54) is 5.56 Å². The molecule has 0 bridgehead atoms. The molecule has 162 valence electrons. The van der Waals surface area contributed by atoms with Crippen molar-refractivity contribution in [1.82, 2.24) is 15.0 Å². The highest BCUT2D eigenvalue weighted by atomic mass is 16.2. The Bertz CT molecular complexity index is 1230. The summed E-state index contributed by atoms with van der Waals surface area (Å²) in [5.74, 6) is 0.134. The number of benzene rings is 3. The van der Waals surface area contributed by atoms with Crippen molar-refractivity contribution >= 4 is 34.2 Å². The first-order valence-electron chi connectivity index (χ1n) is 10.6. The standard InChI is InChI=1S/C25H25N5O2/c1-17(2)18-8-11-21(12-9-18)27-25(32)19-10-13-23-22(16-19)28-29-30(23)15-14-24(31)26-20-6-4-3-5-7-20/h3-13,16-17H,14-15H2,1-2H3,(H,26,31)(H,27,32). The fourth-order valence-corrected chi connectivity index (χ4v) is 3.39. The van der Waals surface area contributed by atoms with Gasteiger partial charge in [-0.25, -0.2) is 4.68 Å². The van der Waals surface area contributed by atoms with Gasteiger partial charge in [-0.05, 0) is 53.9 Å². The van der Waals surface area contributed by atoms with Crippen molar-refractivity contribution in [2.75, 3.05) is 10.6 Å². The molecule has 0 unspecified atom stereocenters. The monoisotopic (exact) mass is 427 g/mol. The zero-order valence-corrected chi connectivity index (χ0v) is 18.1. The zero-order chi connectivity index (χ0) is 22.5. The quantitative estimate of drug-likeness (QED) is 0.442. The Kier molecular flexibility index (Phi) is 6.26. The van der Waals surface area contributed by atoms with Crippen LogP contribution in [0.15, 0.2) is 72.8 Å². The predicted molar refractivity (Wildman–Crippen MR) is 126 cm³/mol. The number of fused-ring (bicyclic) bond motifs is 1. The molecule has 0 spiro atoms. The number of nitrogens with zero attached hydrogens (tertiary/aromatic N) is 3. The minimum atomic E-state index is -0.207. The van der Waals surface area contributed by atoms with Crippen molar-refractivity contribution in [3.63, 3.8) is 0 Å². The van der Waals surface area contributed by atoms with Gasteiger partial charge < -0.3 is 10.6 Å². The van der Waals surface area contributed by atoms with E-state index in [0.29, 0.717) is 23.5 Å². The van der Waals surface area contributed by atoms with Crippen LogP contribution in [0.4, 0.5) is 11.4 Å². The number of aryl methyl sites for hydroxylation is 1. The average Bonchev–Trinajstić information content (AvgIpc) is 3.21. The third-order valence-corrected chi connectivity index (χ3v) is 5.22. The van der Waals surface area contributed by atoms with Gasteiger partial charge in [0.2, 0.25) is 5.91 Å². The lowest BCUT2D eigenvalue weighted by molar-refractivity contribution is -0.116. The highest BCUT2D eigenvalue weighted by molar-refractivity contribution is 6.05. The number of aromatic nitrogens is 3. The van der Waals surface area contributed by atoms with E-state index in [-0.39, 0.29) is 18.2 Å². The van der Waals surface area contributed by atoms with Gasteiger partial charge in [0.25, 0.3) is 5.91 Å². The number of nitrogens with one attached hydrogen (secondary N) is 2. The van der Waals surface area contributed by atoms with Crippen LogP contribution >= 0.6 is 0 Å². The van der Waals surface area contributed by atoms with Crippen molar-refractivity contribution in [1.29, 1.82) is 0 Å². The summed E-state index contributed by atoms with van der Waals surface area (Å²) in [6.07, 6.45) is 0.266. The second-order valence-electron chi connectivity index (χ2n) is 7.91. The summed E-state index contributed by atoms with van der Waals surface area (Å²) in [6, 6.07) is 22.4. The molecule has 2 N–H and O–H groups in total. The van der Waals surface area contributed by atoms with Gasteiger partial charge in [0, 0.05) is 23.4 Å². The Morgan fingerprint density at radius 1 is 0.906 bits per heavy atom. The lowest BCUT2D eigenvalue weighted by atomic mass is 10.0. The summed E-state index contributed by atoms with van der Waals surface area (Å²) < 4.78 is 1.67. The van der Waals surface area contributed by atoms with Crippen LogP contribution in [-0.2, 0) is 11.3 Å². The highest BCUT2D eigenvalue weighted by Gasteiger charge is 2.12. The number of carbonyl (C=O) groups is 2. The summed E-state index contributed by atoms with van der Waals surface area (Å²) in [4.78, 5) is 24.8. The van der Waals surface area contributed by atoms with E-state index >= 15 is 0 Å². The third-order valence-electron chi connectivity index (χ3n) is 5.22. The first-order chi connectivity index (χ1) is 15.5. The molecular formula is C25H25N5O2. The van der Waals surface area contributed by atoms with Crippen LogP contribution in [0.1, 0.15) is 42.1 Å². The number of carbonyl (C=O) groups excluding carboxylic acids is 2. The molecule has 0 radical (unpaired) electrons. The highest BCUT2D eigenvalue weighted by Crippen LogP contribution is 2.19. The first-order valence-corrected chi connectivity index (χ1v) is 10.6. The van der Waals surface area contributed by atoms with Gasteiger partial charge in [-0.15, -0.1) is 5.10 Å². The Morgan fingerprint density at radius 2 is 1.62 bits per heavy atom. The maximum Gasteiger partial charge on any atom is 0.255 e. The van der Waals surface area contributed by atoms with Crippen molar-refractivity contribution in [2.24, 2.45) is 0 Å². The fourth-order valence-electron chi connectivity index (χ4n) is 3.39. The largest absolute Gasteiger partial charge is 0.326 e. The fraction of sp³-hybridized carbons (Fsp3) is 0.200. The summed E-state index contributed by atoms with van der Waals surface area (Å²) in [5.41, 5.74) is 4.60. The average molecular weight is 428 g/mol. The van der Waals surface area contributed by atoms with Crippen molar-refractivity contribution < 1.29 is 9.59 Å². The maximum absolute atomic E-state index is 12.7. The van der Waals surface area contributed by atoms with Crippen LogP contribution in [0.2, 0.25) is 0 Å². The molecular weight excluding hydrogens is 402 g/mol. The molecule has 1 heterocycles. The Morgan fingerprint density at radius 3 is 2.34 bits per heavy atom. The van der Waals surface area contributed by atoms with Gasteiger partial charge in [0.1, 0.15) is 5.52 Å². The molecule has 2 amide bonds. The second-order valence-corrected chi connectivity index (χ2v) is 7.91. The molecule has 7 nitrogen and oxygen atoms in total. The molecule has 4 aromatic rings. The van der Waals surface area contributed by atoms with Crippen LogP contribution in [0.5, 0.6) is 0 Å². The predicted octanol–water partition coefficient (Wildman–Crippen LogP) is 4.84. The van der Waals surface area contributed by atoms with Gasteiger partial charge in [-0.1, -0.05) is 49.4 Å². The molecule has 32 heavy (non-hydrogen) atoms. The van der Waals surface area contributed by atoms with E-state index in [1.807, 2.05) is 54.6 Å². The van der Waals surface area contributed by atoms with Crippen molar-refractivity contribution in [2.45, 2.75) is 32.7 Å². The Labute approximate surface area is 186 Å². The second kappa shape index (κ2) is 9.43. The van der Waals surface area contributed by atoms with E-state index in [0.717, 1.165) is 16.9 Å². The zero-order valence-electron chi connectivity index (χ0n) is 18.1. The summed E-state index contributed by atoms with van der Waals surface area (Å²) in [7, 11) is 0.